The Bertz CT molecular complexity index is 806. The topological polar surface area (TPSA) is 17.8 Å². The average Bonchev–Trinajstić information content (AvgIpc) is 2.78. The SMILES string of the molecule is Cc1cc(Br)cc(-n2c(C(C)Cl)nc3c(F)cccc32)c1. The maximum atomic E-state index is 14.0. The lowest BCUT2D eigenvalue weighted by Gasteiger charge is -2.12. The Hall–Kier alpha value is -1.39. The highest BCUT2D eigenvalue weighted by Gasteiger charge is 2.18. The third kappa shape index (κ3) is 2.58. The summed E-state index contributed by atoms with van der Waals surface area (Å²) < 4.78 is 16.9. The van der Waals surface area contributed by atoms with Crippen LogP contribution >= 0.6 is 27.5 Å². The van der Waals surface area contributed by atoms with E-state index in [1.165, 1.54) is 6.07 Å². The van der Waals surface area contributed by atoms with Crippen LogP contribution in [0.1, 0.15) is 23.7 Å². The highest BCUT2D eigenvalue weighted by molar-refractivity contribution is 9.10. The van der Waals surface area contributed by atoms with Crippen LogP contribution in [-0.2, 0) is 0 Å². The predicted octanol–water partition coefficient (Wildman–Crippen LogP) is 5.54. The monoisotopic (exact) mass is 366 g/mol. The lowest BCUT2D eigenvalue weighted by Crippen LogP contribution is -2.02. The minimum atomic E-state index is -0.337. The summed E-state index contributed by atoms with van der Waals surface area (Å²) in [6, 6.07) is 11.0. The number of hydrogen-bond donors (Lipinski definition) is 0. The molecular weight excluding hydrogens is 355 g/mol. The molecule has 0 amide bonds. The van der Waals surface area contributed by atoms with Gasteiger partial charge in [0.15, 0.2) is 5.82 Å². The fourth-order valence-electron chi connectivity index (χ4n) is 2.47. The van der Waals surface area contributed by atoms with Crippen molar-refractivity contribution in [2.75, 3.05) is 0 Å². The second-order valence-corrected chi connectivity index (χ2v) is 6.59. The number of para-hydroxylation sites is 1. The summed E-state index contributed by atoms with van der Waals surface area (Å²) in [7, 11) is 0. The lowest BCUT2D eigenvalue weighted by atomic mass is 10.2. The van der Waals surface area contributed by atoms with Gasteiger partial charge >= 0.3 is 0 Å². The number of alkyl halides is 1. The standard InChI is InChI=1S/C16H13BrClFN2/c1-9-6-11(17)8-12(7-9)21-14-5-3-4-13(19)15(14)20-16(21)10(2)18/h3-8,10H,1-2H3. The zero-order valence-electron chi connectivity index (χ0n) is 11.6. The Balaban J connectivity index is 2.39. The van der Waals surface area contributed by atoms with Crippen LogP contribution in [0.15, 0.2) is 40.9 Å². The van der Waals surface area contributed by atoms with Crippen LogP contribution in [0.3, 0.4) is 0 Å². The van der Waals surface area contributed by atoms with Crippen LogP contribution < -0.4 is 0 Å². The molecule has 0 saturated heterocycles. The van der Waals surface area contributed by atoms with Crippen molar-refractivity contribution < 1.29 is 4.39 Å². The van der Waals surface area contributed by atoms with E-state index < -0.39 is 0 Å². The molecule has 5 heteroatoms. The van der Waals surface area contributed by atoms with E-state index in [4.69, 9.17) is 11.6 Å². The molecule has 3 aromatic rings. The normalized spacial score (nSPS) is 12.8. The number of fused-ring (bicyclic) bond motifs is 1. The van der Waals surface area contributed by atoms with Crippen LogP contribution in [0.4, 0.5) is 4.39 Å². The molecule has 1 aromatic heterocycles. The summed E-state index contributed by atoms with van der Waals surface area (Å²) in [4.78, 5) is 4.39. The van der Waals surface area contributed by atoms with E-state index in [0.29, 0.717) is 11.3 Å². The zero-order valence-corrected chi connectivity index (χ0v) is 13.9. The number of benzene rings is 2. The molecule has 2 nitrogen and oxygen atoms in total. The maximum absolute atomic E-state index is 14.0. The molecule has 0 bridgehead atoms. The Labute approximate surface area is 135 Å². The fourth-order valence-corrected chi connectivity index (χ4v) is 3.21. The highest BCUT2D eigenvalue weighted by Crippen LogP contribution is 2.30. The van der Waals surface area contributed by atoms with Crippen LogP contribution in [0.25, 0.3) is 16.7 Å². The first-order valence-corrected chi connectivity index (χ1v) is 7.79. The van der Waals surface area contributed by atoms with E-state index in [1.807, 2.05) is 42.7 Å². The molecule has 0 radical (unpaired) electrons. The Morgan fingerprint density at radius 2 is 2.05 bits per heavy atom. The van der Waals surface area contributed by atoms with E-state index in [9.17, 15) is 4.39 Å². The molecule has 1 heterocycles. The number of halogens is 3. The van der Waals surface area contributed by atoms with Gasteiger partial charge < -0.3 is 0 Å². The predicted molar refractivity (Wildman–Crippen MR) is 87.7 cm³/mol. The van der Waals surface area contributed by atoms with Crippen molar-refractivity contribution in [3.8, 4) is 5.69 Å². The summed E-state index contributed by atoms with van der Waals surface area (Å²) in [5.74, 6) is 0.297. The van der Waals surface area contributed by atoms with Gasteiger partial charge in [0, 0.05) is 10.2 Å². The summed E-state index contributed by atoms with van der Waals surface area (Å²) >= 11 is 9.74. The zero-order chi connectivity index (χ0) is 15.1. The number of hydrogen-bond acceptors (Lipinski definition) is 1. The minimum Gasteiger partial charge on any atom is -0.295 e. The van der Waals surface area contributed by atoms with E-state index >= 15 is 0 Å². The first-order valence-electron chi connectivity index (χ1n) is 6.56. The molecule has 0 fully saturated rings. The van der Waals surface area contributed by atoms with Crippen LogP contribution in [0.2, 0.25) is 0 Å². The van der Waals surface area contributed by atoms with Crippen LogP contribution in [-0.4, -0.2) is 9.55 Å². The fraction of sp³-hybridized carbons (Fsp3) is 0.188. The van der Waals surface area contributed by atoms with Gasteiger partial charge in [-0.2, -0.15) is 0 Å². The second-order valence-electron chi connectivity index (χ2n) is 5.02. The highest BCUT2D eigenvalue weighted by atomic mass is 79.9. The van der Waals surface area contributed by atoms with Gasteiger partial charge in [0.25, 0.3) is 0 Å². The first-order chi connectivity index (χ1) is 9.97. The molecule has 0 aliphatic heterocycles. The second kappa shape index (κ2) is 5.43. The van der Waals surface area contributed by atoms with Gasteiger partial charge in [-0.25, -0.2) is 9.37 Å². The van der Waals surface area contributed by atoms with E-state index in [1.54, 1.807) is 6.07 Å². The van der Waals surface area contributed by atoms with Crippen molar-refractivity contribution in [1.29, 1.82) is 0 Å². The summed E-state index contributed by atoms with van der Waals surface area (Å²) in [6.07, 6.45) is 0. The molecule has 0 aliphatic rings. The third-order valence-corrected chi connectivity index (χ3v) is 3.96. The molecule has 0 saturated carbocycles. The van der Waals surface area contributed by atoms with Gasteiger partial charge in [-0.05, 0) is 49.7 Å². The van der Waals surface area contributed by atoms with Gasteiger partial charge in [-0.3, -0.25) is 4.57 Å². The third-order valence-electron chi connectivity index (χ3n) is 3.30. The van der Waals surface area contributed by atoms with Crippen LogP contribution in [0, 0.1) is 12.7 Å². The van der Waals surface area contributed by atoms with Crippen molar-refractivity contribution in [1.82, 2.24) is 9.55 Å². The molecule has 108 valence electrons. The maximum Gasteiger partial charge on any atom is 0.151 e. The number of rotatable bonds is 2. The Morgan fingerprint density at radius 3 is 2.71 bits per heavy atom. The van der Waals surface area contributed by atoms with Crippen molar-refractivity contribution in [3.05, 3.63) is 58.1 Å². The molecule has 1 atom stereocenters. The largest absolute Gasteiger partial charge is 0.295 e. The van der Waals surface area contributed by atoms with Crippen molar-refractivity contribution in [3.63, 3.8) is 0 Å². The van der Waals surface area contributed by atoms with E-state index in [2.05, 4.69) is 20.9 Å². The molecule has 21 heavy (non-hydrogen) atoms. The molecule has 1 unspecified atom stereocenters. The number of imidazole rings is 1. The van der Waals surface area contributed by atoms with Gasteiger partial charge in [0.05, 0.1) is 10.9 Å². The van der Waals surface area contributed by atoms with Gasteiger partial charge in [-0.1, -0.05) is 22.0 Å². The molecule has 2 aromatic carbocycles. The molecule has 0 spiro atoms. The van der Waals surface area contributed by atoms with Crippen LogP contribution in [0.5, 0.6) is 0 Å². The molecule has 3 rings (SSSR count). The van der Waals surface area contributed by atoms with Crippen molar-refractivity contribution in [2.45, 2.75) is 19.2 Å². The minimum absolute atomic E-state index is 0.323. The first kappa shape index (κ1) is 14.5. The number of aryl methyl sites for hydroxylation is 1. The van der Waals surface area contributed by atoms with Gasteiger partial charge in [0.2, 0.25) is 0 Å². The van der Waals surface area contributed by atoms with Crippen molar-refractivity contribution in [2.24, 2.45) is 0 Å². The molecule has 0 N–H and O–H groups in total. The lowest BCUT2D eigenvalue weighted by molar-refractivity contribution is 0.637. The van der Waals surface area contributed by atoms with Gasteiger partial charge in [-0.15, -0.1) is 11.6 Å². The van der Waals surface area contributed by atoms with E-state index in [0.717, 1.165) is 21.2 Å². The summed E-state index contributed by atoms with van der Waals surface area (Å²) in [5, 5.41) is -0.323. The average molecular weight is 368 g/mol. The van der Waals surface area contributed by atoms with Gasteiger partial charge in [0.1, 0.15) is 11.3 Å². The quantitative estimate of drug-likeness (QED) is 0.544. The molecular formula is C16H13BrClFN2. The summed E-state index contributed by atoms with van der Waals surface area (Å²) in [5.41, 5.74) is 3.08. The Kier molecular flexibility index (Phi) is 3.76. The van der Waals surface area contributed by atoms with Crippen molar-refractivity contribution >= 4 is 38.6 Å². The van der Waals surface area contributed by atoms with E-state index in [-0.39, 0.29) is 11.2 Å². The number of nitrogens with zero attached hydrogens (tertiary/aromatic N) is 2. The number of aromatic nitrogens is 2. The Morgan fingerprint density at radius 1 is 1.29 bits per heavy atom. The summed E-state index contributed by atoms with van der Waals surface area (Å²) in [6.45, 7) is 3.85. The smallest absolute Gasteiger partial charge is 0.151 e. The molecule has 0 aliphatic carbocycles.